The molecular formula is C24H17ClF3N5O3. The highest BCUT2D eigenvalue weighted by Gasteiger charge is 2.59. The molecule has 5 rings (SSSR count). The highest BCUT2D eigenvalue weighted by molar-refractivity contribution is 6.30. The first-order chi connectivity index (χ1) is 17.0. The standard InChI is InChI=1S/C24H17ClF3N5O3/c1-32-21(35)17-4-2-13(14-3-5-19(30-10-14)24(26,27)28)8-18(17)33-20(34)6-7-23(32,33)22(36)31-16-9-15(25)11-29-12-16/h2-5,8-12H,6-7H2,1H3,(H,31,36). The summed E-state index contributed by atoms with van der Waals surface area (Å²) in [5.41, 5.74) is -1.24. The van der Waals surface area contributed by atoms with Gasteiger partial charge in [-0.3, -0.25) is 29.3 Å². The molecule has 0 saturated carbocycles. The second-order valence-corrected chi connectivity index (χ2v) is 8.85. The number of fused-ring (bicyclic) bond motifs is 3. The average molecular weight is 516 g/mol. The molecule has 8 nitrogen and oxygen atoms in total. The van der Waals surface area contributed by atoms with E-state index in [1.54, 1.807) is 6.07 Å². The fourth-order valence-electron chi connectivity index (χ4n) is 4.60. The van der Waals surface area contributed by atoms with Gasteiger partial charge >= 0.3 is 6.18 Å². The normalized spacial score (nSPS) is 19.2. The third-order valence-electron chi connectivity index (χ3n) is 6.35. The van der Waals surface area contributed by atoms with E-state index in [2.05, 4.69) is 15.3 Å². The number of carbonyl (C=O) groups excluding carboxylic acids is 3. The number of alkyl halides is 3. The van der Waals surface area contributed by atoms with Gasteiger partial charge in [0.25, 0.3) is 11.8 Å². The minimum absolute atomic E-state index is 0.00430. The molecule has 0 bridgehead atoms. The van der Waals surface area contributed by atoms with Crippen LogP contribution in [0.5, 0.6) is 0 Å². The Hall–Kier alpha value is -3.99. The first kappa shape index (κ1) is 23.7. The van der Waals surface area contributed by atoms with Crippen molar-refractivity contribution in [3.8, 4) is 11.1 Å². The van der Waals surface area contributed by atoms with Crippen LogP contribution < -0.4 is 10.2 Å². The van der Waals surface area contributed by atoms with E-state index in [0.717, 1.165) is 12.3 Å². The predicted molar refractivity (Wildman–Crippen MR) is 124 cm³/mol. The summed E-state index contributed by atoms with van der Waals surface area (Å²) < 4.78 is 38.7. The quantitative estimate of drug-likeness (QED) is 0.559. The van der Waals surface area contributed by atoms with Crippen LogP contribution in [-0.4, -0.2) is 45.3 Å². The summed E-state index contributed by atoms with van der Waals surface area (Å²) in [5, 5.41) is 2.98. The van der Waals surface area contributed by atoms with E-state index in [9.17, 15) is 27.6 Å². The lowest BCUT2D eigenvalue weighted by atomic mass is 9.94. The molecule has 0 aliphatic carbocycles. The number of carbonyl (C=O) groups is 3. The minimum Gasteiger partial charge on any atom is -0.321 e. The zero-order valence-electron chi connectivity index (χ0n) is 18.6. The molecule has 1 unspecified atom stereocenters. The van der Waals surface area contributed by atoms with Crippen LogP contribution in [0.2, 0.25) is 5.02 Å². The van der Waals surface area contributed by atoms with E-state index in [0.29, 0.717) is 11.1 Å². The second kappa shape index (κ2) is 8.30. The van der Waals surface area contributed by atoms with Crippen molar-refractivity contribution in [2.45, 2.75) is 24.7 Å². The molecule has 2 aromatic heterocycles. The predicted octanol–water partition coefficient (Wildman–Crippen LogP) is 4.36. The topological polar surface area (TPSA) is 95.5 Å². The number of anilines is 2. The largest absolute Gasteiger partial charge is 0.433 e. The summed E-state index contributed by atoms with van der Waals surface area (Å²) in [6, 6.07) is 8.14. The van der Waals surface area contributed by atoms with Gasteiger partial charge < -0.3 is 10.2 Å². The molecule has 1 fully saturated rings. The molecule has 4 heterocycles. The Kier molecular flexibility index (Phi) is 5.47. The van der Waals surface area contributed by atoms with Gasteiger partial charge in [0.2, 0.25) is 11.6 Å². The number of hydrogen-bond donors (Lipinski definition) is 1. The summed E-state index contributed by atoms with van der Waals surface area (Å²) in [7, 11) is 1.44. The van der Waals surface area contributed by atoms with Gasteiger partial charge in [-0.1, -0.05) is 23.7 Å². The summed E-state index contributed by atoms with van der Waals surface area (Å²) in [6.45, 7) is 0. The van der Waals surface area contributed by atoms with Gasteiger partial charge in [0.1, 0.15) is 5.69 Å². The zero-order valence-corrected chi connectivity index (χ0v) is 19.4. The summed E-state index contributed by atoms with van der Waals surface area (Å²) in [4.78, 5) is 49.9. The van der Waals surface area contributed by atoms with Crippen molar-refractivity contribution in [1.82, 2.24) is 14.9 Å². The molecule has 0 radical (unpaired) electrons. The number of benzene rings is 1. The number of amides is 3. The maximum atomic E-state index is 13.6. The first-order valence-corrected chi connectivity index (χ1v) is 11.1. The van der Waals surface area contributed by atoms with Gasteiger partial charge in [0, 0.05) is 37.8 Å². The molecule has 1 atom stereocenters. The maximum Gasteiger partial charge on any atom is 0.433 e. The van der Waals surface area contributed by atoms with Gasteiger partial charge in [-0.05, 0) is 29.8 Å². The molecule has 3 aromatic rings. The monoisotopic (exact) mass is 515 g/mol. The third-order valence-corrected chi connectivity index (χ3v) is 6.56. The van der Waals surface area contributed by atoms with Crippen molar-refractivity contribution in [3.05, 3.63) is 71.3 Å². The third kappa shape index (κ3) is 3.67. The number of rotatable bonds is 3. The average Bonchev–Trinajstić information content (AvgIpc) is 3.20. The van der Waals surface area contributed by atoms with Gasteiger partial charge in [-0.15, -0.1) is 0 Å². The van der Waals surface area contributed by atoms with E-state index in [1.165, 1.54) is 53.5 Å². The van der Waals surface area contributed by atoms with Crippen LogP contribution in [0, 0.1) is 0 Å². The van der Waals surface area contributed by atoms with E-state index in [4.69, 9.17) is 11.6 Å². The van der Waals surface area contributed by atoms with E-state index < -0.39 is 29.3 Å². The SMILES string of the molecule is CN1C(=O)c2ccc(-c3ccc(C(F)(F)F)nc3)cc2N2C(=O)CCC12C(=O)Nc1cncc(Cl)c1. The number of aromatic nitrogens is 2. The minimum atomic E-state index is -4.58. The van der Waals surface area contributed by atoms with Crippen molar-refractivity contribution in [3.63, 3.8) is 0 Å². The summed E-state index contributed by atoms with van der Waals surface area (Å²) in [6.07, 6.45) is -0.692. The van der Waals surface area contributed by atoms with Crippen LogP contribution in [0.25, 0.3) is 11.1 Å². The van der Waals surface area contributed by atoms with Crippen LogP contribution in [0.15, 0.2) is 55.0 Å². The number of likely N-dealkylation sites (N-methyl/N-ethyl adjacent to an activating group) is 1. The van der Waals surface area contributed by atoms with Crippen LogP contribution in [0.3, 0.4) is 0 Å². The van der Waals surface area contributed by atoms with E-state index in [-0.39, 0.29) is 40.7 Å². The molecule has 1 aromatic carbocycles. The maximum absolute atomic E-state index is 13.6. The van der Waals surface area contributed by atoms with Gasteiger partial charge in [-0.25, -0.2) is 0 Å². The fraction of sp³-hybridized carbons (Fsp3) is 0.208. The number of nitrogens with zero attached hydrogens (tertiary/aromatic N) is 4. The molecule has 12 heteroatoms. The Morgan fingerprint density at radius 2 is 1.83 bits per heavy atom. The Balaban J connectivity index is 1.58. The molecule has 1 saturated heterocycles. The van der Waals surface area contributed by atoms with Gasteiger partial charge in [0.15, 0.2) is 0 Å². The Labute approximate surface area is 207 Å². The van der Waals surface area contributed by atoms with Crippen molar-refractivity contribution >= 4 is 40.7 Å². The summed E-state index contributed by atoms with van der Waals surface area (Å²) >= 11 is 5.97. The lowest BCUT2D eigenvalue weighted by Gasteiger charge is -2.47. The van der Waals surface area contributed by atoms with Crippen LogP contribution in [0.4, 0.5) is 24.5 Å². The summed E-state index contributed by atoms with van der Waals surface area (Å²) in [5.74, 6) is -1.48. The van der Waals surface area contributed by atoms with E-state index >= 15 is 0 Å². The number of nitrogens with one attached hydrogen (secondary N) is 1. The Morgan fingerprint density at radius 1 is 1.08 bits per heavy atom. The molecule has 2 aliphatic rings. The first-order valence-electron chi connectivity index (χ1n) is 10.7. The molecule has 3 amide bonds. The molecular weight excluding hydrogens is 499 g/mol. The molecule has 0 spiro atoms. The van der Waals surface area contributed by atoms with Gasteiger partial charge in [-0.2, -0.15) is 13.2 Å². The van der Waals surface area contributed by atoms with Crippen molar-refractivity contribution < 1.29 is 27.6 Å². The Bertz CT molecular complexity index is 1410. The smallest absolute Gasteiger partial charge is 0.321 e. The van der Waals surface area contributed by atoms with Crippen LogP contribution in [0.1, 0.15) is 28.9 Å². The molecule has 184 valence electrons. The number of pyridine rings is 2. The molecule has 2 aliphatic heterocycles. The van der Waals surface area contributed by atoms with Gasteiger partial charge in [0.05, 0.1) is 28.2 Å². The second-order valence-electron chi connectivity index (χ2n) is 8.42. The van der Waals surface area contributed by atoms with E-state index in [1.807, 2.05) is 0 Å². The lowest BCUT2D eigenvalue weighted by Crippen LogP contribution is -2.68. The van der Waals surface area contributed by atoms with Crippen LogP contribution >= 0.6 is 11.6 Å². The van der Waals surface area contributed by atoms with Crippen molar-refractivity contribution in [1.29, 1.82) is 0 Å². The Morgan fingerprint density at radius 3 is 2.50 bits per heavy atom. The zero-order chi connectivity index (χ0) is 25.8. The number of halogens is 4. The molecule has 1 N–H and O–H groups in total. The fourth-order valence-corrected chi connectivity index (χ4v) is 4.77. The number of hydrogen-bond acceptors (Lipinski definition) is 5. The highest BCUT2D eigenvalue weighted by Crippen LogP contribution is 2.45. The molecule has 36 heavy (non-hydrogen) atoms. The lowest BCUT2D eigenvalue weighted by molar-refractivity contribution is -0.141. The van der Waals surface area contributed by atoms with Crippen molar-refractivity contribution in [2.24, 2.45) is 0 Å². The van der Waals surface area contributed by atoms with Crippen molar-refractivity contribution in [2.75, 3.05) is 17.3 Å². The van der Waals surface area contributed by atoms with Crippen LogP contribution in [-0.2, 0) is 15.8 Å². The highest BCUT2D eigenvalue weighted by atomic mass is 35.5.